The maximum absolute atomic E-state index is 10.2. The van der Waals surface area contributed by atoms with E-state index >= 15 is 0 Å². The van der Waals surface area contributed by atoms with Gasteiger partial charge in [0.05, 0.1) is 20.1 Å². The van der Waals surface area contributed by atoms with Crippen LogP contribution in [0.3, 0.4) is 0 Å². The predicted molar refractivity (Wildman–Crippen MR) is 110 cm³/mol. The number of phenols is 1. The highest BCUT2D eigenvalue weighted by Crippen LogP contribution is 2.47. The van der Waals surface area contributed by atoms with Crippen LogP contribution in [-0.2, 0) is 0 Å². The molecule has 3 N–H and O–H groups in total. The van der Waals surface area contributed by atoms with Crippen LogP contribution in [0.5, 0.6) is 23.0 Å². The molecule has 0 aromatic heterocycles. The number of nitrogens with two attached hydrogens (primary N) is 1. The van der Waals surface area contributed by atoms with Crippen LogP contribution < -0.4 is 25.4 Å². The molecule has 1 atom stereocenters. The first kappa shape index (κ1) is 18.6. The fourth-order valence-electron chi connectivity index (χ4n) is 3.78. The van der Waals surface area contributed by atoms with Gasteiger partial charge >= 0.3 is 0 Å². The standard InChI is InChI=1S/C22H17BN2O4/c1-27-18-9-11(8-16(23)21(18)28-2)19-14-7-6-12-13(4-3-5-17(12)26)20(14)29-22(25)15(19)10-24/h3-9,19,26H,25H2,1-2H3. The van der Waals surface area contributed by atoms with Crippen molar-refractivity contribution >= 4 is 24.1 Å². The quantitative estimate of drug-likeness (QED) is 0.674. The Morgan fingerprint density at radius 2 is 1.93 bits per heavy atom. The van der Waals surface area contributed by atoms with Gasteiger partial charge in [-0.25, -0.2) is 0 Å². The smallest absolute Gasteiger partial charge is 0.205 e. The van der Waals surface area contributed by atoms with Crippen LogP contribution in [0.2, 0.25) is 0 Å². The molecule has 7 heteroatoms. The van der Waals surface area contributed by atoms with Gasteiger partial charge in [0.15, 0.2) is 11.5 Å². The van der Waals surface area contributed by atoms with Gasteiger partial charge in [0.25, 0.3) is 0 Å². The van der Waals surface area contributed by atoms with Crippen LogP contribution in [0.15, 0.2) is 53.9 Å². The van der Waals surface area contributed by atoms with Crippen molar-refractivity contribution in [3.63, 3.8) is 0 Å². The summed E-state index contributed by atoms with van der Waals surface area (Å²) in [5, 5.41) is 21.3. The highest BCUT2D eigenvalue weighted by molar-refractivity contribution is 6.34. The number of hydrogen-bond acceptors (Lipinski definition) is 6. The van der Waals surface area contributed by atoms with Crippen LogP contribution >= 0.6 is 0 Å². The Balaban J connectivity index is 2.02. The molecule has 3 aromatic carbocycles. The molecule has 6 nitrogen and oxygen atoms in total. The molecule has 0 saturated heterocycles. The first-order valence-corrected chi connectivity index (χ1v) is 8.83. The third-order valence-corrected chi connectivity index (χ3v) is 5.08. The molecule has 0 spiro atoms. The number of nitrogens with zero attached hydrogens (tertiary/aromatic N) is 1. The number of nitriles is 1. The molecule has 0 fully saturated rings. The molecule has 1 heterocycles. The first-order valence-electron chi connectivity index (χ1n) is 8.83. The molecule has 29 heavy (non-hydrogen) atoms. The van der Waals surface area contributed by atoms with Crippen molar-refractivity contribution in [3.05, 3.63) is 65.0 Å². The highest BCUT2D eigenvalue weighted by atomic mass is 16.5. The molecule has 142 valence electrons. The van der Waals surface area contributed by atoms with Crippen molar-refractivity contribution < 1.29 is 19.3 Å². The number of rotatable bonds is 3. The van der Waals surface area contributed by atoms with Gasteiger partial charge in [0.2, 0.25) is 5.88 Å². The normalized spacial score (nSPS) is 15.4. The lowest BCUT2D eigenvalue weighted by Gasteiger charge is -2.28. The summed E-state index contributed by atoms with van der Waals surface area (Å²) >= 11 is 0. The van der Waals surface area contributed by atoms with E-state index < -0.39 is 5.92 Å². The molecular weight excluding hydrogens is 367 g/mol. The largest absolute Gasteiger partial charge is 0.507 e. The van der Waals surface area contributed by atoms with Crippen molar-refractivity contribution in [2.45, 2.75) is 5.92 Å². The number of allylic oxidation sites excluding steroid dienone is 1. The fourth-order valence-corrected chi connectivity index (χ4v) is 3.78. The number of fused-ring (bicyclic) bond motifs is 3. The Morgan fingerprint density at radius 1 is 1.14 bits per heavy atom. The molecule has 0 aliphatic carbocycles. The lowest BCUT2D eigenvalue weighted by Crippen LogP contribution is -2.22. The number of hydrogen-bond donors (Lipinski definition) is 2. The summed E-state index contributed by atoms with van der Waals surface area (Å²) in [5.41, 5.74) is 8.21. The zero-order chi connectivity index (χ0) is 20.7. The molecule has 0 bridgehead atoms. The van der Waals surface area contributed by atoms with Gasteiger partial charge in [-0.2, -0.15) is 5.26 Å². The number of benzene rings is 3. The summed E-state index contributed by atoms with van der Waals surface area (Å²) in [6, 6.07) is 14.4. The van der Waals surface area contributed by atoms with E-state index in [1.165, 1.54) is 14.2 Å². The van der Waals surface area contributed by atoms with E-state index in [1.54, 1.807) is 30.3 Å². The fraction of sp³-hybridized carbons (Fsp3) is 0.136. The van der Waals surface area contributed by atoms with E-state index in [4.69, 9.17) is 27.8 Å². The Labute approximate surface area is 169 Å². The Kier molecular flexibility index (Phi) is 4.48. The third kappa shape index (κ3) is 2.81. The summed E-state index contributed by atoms with van der Waals surface area (Å²) in [7, 11) is 9.19. The van der Waals surface area contributed by atoms with Crippen molar-refractivity contribution in [1.29, 1.82) is 5.26 Å². The molecule has 3 aromatic rings. The van der Waals surface area contributed by atoms with Crippen molar-refractivity contribution in [1.82, 2.24) is 0 Å². The van der Waals surface area contributed by atoms with Gasteiger partial charge in [-0.1, -0.05) is 35.8 Å². The number of methoxy groups -OCH3 is 2. The topological polar surface area (TPSA) is 97.7 Å². The first-order chi connectivity index (χ1) is 14.0. The molecule has 4 rings (SSSR count). The van der Waals surface area contributed by atoms with Gasteiger partial charge in [-0.15, -0.1) is 0 Å². The van der Waals surface area contributed by atoms with E-state index in [0.29, 0.717) is 39.0 Å². The lowest BCUT2D eigenvalue weighted by molar-refractivity contribution is 0.356. The lowest BCUT2D eigenvalue weighted by atomic mass is 9.80. The third-order valence-electron chi connectivity index (χ3n) is 5.08. The van der Waals surface area contributed by atoms with Gasteiger partial charge in [-0.05, 0) is 17.7 Å². The summed E-state index contributed by atoms with van der Waals surface area (Å²) in [4.78, 5) is 0. The van der Waals surface area contributed by atoms with Gasteiger partial charge in [0, 0.05) is 16.3 Å². The summed E-state index contributed by atoms with van der Waals surface area (Å²) in [6.45, 7) is 0. The van der Waals surface area contributed by atoms with Crippen LogP contribution in [0, 0.1) is 11.3 Å². The maximum Gasteiger partial charge on any atom is 0.205 e. The molecular formula is C22H17BN2O4. The Morgan fingerprint density at radius 3 is 2.62 bits per heavy atom. The van der Waals surface area contributed by atoms with E-state index in [0.717, 1.165) is 5.56 Å². The van der Waals surface area contributed by atoms with E-state index in [-0.39, 0.29) is 17.2 Å². The van der Waals surface area contributed by atoms with Gasteiger partial charge in [0.1, 0.15) is 31.0 Å². The number of ether oxygens (including phenoxy) is 3. The average Bonchev–Trinajstić information content (AvgIpc) is 2.72. The van der Waals surface area contributed by atoms with Crippen molar-refractivity contribution in [3.8, 4) is 29.1 Å². The molecule has 1 unspecified atom stereocenters. The SMILES string of the molecule is [B]c1cc(C2C(C#N)=C(N)Oc3c2ccc2c(O)cccc32)cc(OC)c1OC. The zero-order valence-corrected chi connectivity index (χ0v) is 15.9. The second-order valence-electron chi connectivity index (χ2n) is 6.63. The molecule has 1 aliphatic rings. The minimum atomic E-state index is -0.516. The zero-order valence-electron chi connectivity index (χ0n) is 15.9. The van der Waals surface area contributed by atoms with Crippen molar-refractivity contribution in [2.24, 2.45) is 5.73 Å². The summed E-state index contributed by atoms with van der Waals surface area (Å²) in [6.07, 6.45) is 0. The predicted octanol–water partition coefficient (Wildman–Crippen LogP) is 2.57. The molecule has 0 amide bonds. The minimum absolute atomic E-state index is 0.00852. The maximum atomic E-state index is 10.2. The van der Waals surface area contributed by atoms with E-state index in [1.807, 2.05) is 12.1 Å². The van der Waals surface area contributed by atoms with Crippen LogP contribution in [0.4, 0.5) is 0 Å². The van der Waals surface area contributed by atoms with E-state index in [9.17, 15) is 10.4 Å². The van der Waals surface area contributed by atoms with E-state index in [2.05, 4.69) is 6.07 Å². The summed E-state index contributed by atoms with van der Waals surface area (Å²) in [5.74, 6) is 0.988. The van der Waals surface area contributed by atoms with Crippen molar-refractivity contribution in [2.75, 3.05) is 14.2 Å². The van der Waals surface area contributed by atoms with Crippen LogP contribution in [-0.4, -0.2) is 27.2 Å². The van der Waals surface area contributed by atoms with Crippen LogP contribution in [0.1, 0.15) is 17.0 Å². The van der Waals surface area contributed by atoms with Crippen LogP contribution in [0.25, 0.3) is 10.8 Å². The monoisotopic (exact) mass is 384 g/mol. The average molecular weight is 384 g/mol. The Hall–Kier alpha value is -3.79. The second kappa shape index (κ2) is 6.99. The van der Waals surface area contributed by atoms with Gasteiger partial charge < -0.3 is 25.1 Å². The minimum Gasteiger partial charge on any atom is -0.507 e. The highest BCUT2D eigenvalue weighted by Gasteiger charge is 2.32. The number of aromatic hydroxyl groups is 1. The second-order valence-corrected chi connectivity index (χ2v) is 6.63. The Bertz CT molecular complexity index is 1210. The molecule has 0 saturated carbocycles. The molecule has 1 aliphatic heterocycles. The number of phenolic OH excluding ortho intramolecular Hbond substituents is 1. The molecule has 2 radical (unpaired) electrons. The van der Waals surface area contributed by atoms with Gasteiger partial charge in [-0.3, -0.25) is 0 Å². The summed E-state index contributed by atoms with van der Waals surface area (Å²) < 4.78 is 16.6.